The normalized spacial score (nSPS) is 12.4. The topological polar surface area (TPSA) is 91.7 Å². The maximum atomic E-state index is 13.1. The number of methoxy groups -OCH3 is 2. The van der Waals surface area contributed by atoms with E-state index in [1.54, 1.807) is 25.3 Å². The van der Waals surface area contributed by atoms with E-state index in [2.05, 4.69) is 9.71 Å². The highest BCUT2D eigenvalue weighted by atomic mass is 32.2. The lowest BCUT2D eigenvalue weighted by Crippen LogP contribution is -2.28. The molecule has 2 aromatic carbocycles. The first-order chi connectivity index (χ1) is 14.8. The van der Waals surface area contributed by atoms with Crippen LogP contribution >= 0.6 is 0 Å². The largest absolute Gasteiger partial charge is 0.497 e. The molecule has 31 heavy (non-hydrogen) atoms. The number of nitrogens with one attached hydrogen (secondary N) is 1. The van der Waals surface area contributed by atoms with Gasteiger partial charge in [-0.15, -0.1) is 0 Å². The van der Waals surface area contributed by atoms with Gasteiger partial charge in [-0.1, -0.05) is 17.7 Å². The van der Waals surface area contributed by atoms with Gasteiger partial charge in [-0.3, -0.25) is 4.57 Å². The Morgan fingerprint density at radius 2 is 1.74 bits per heavy atom. The van der Waals surface area contributed by atoms with Crippen LogP contribution in [0.5, 0.6) is 23.3 Å². The first kappa shape index (κ1) is 22.6. The number of imidazole rings is 1. The third-order valence-electron chi connectivity index (χ3n) is 4.83. The zero-order chi connectivity index (χ0) is 22.6. The third-order valence-corrected chi connectivity index (χ3v) is 6.39. The summed E-state index contributed by atoms with van der Waals surface area (Å²) in [5, 5.41) is 0. The van der Waals surface area contributed by atoms with Crippen LogP contribution in [0.3, 0.4) is 0 Å². The van der Waals surface area contributed by atoms with Crippen LogP contribution in [0.2, 0.25) is 0 Å². The molecule has 0 bridgehead atoms. The first-order valence-electron chi connectivity index (χ1n) is 9.83. The number of hydrogen-bond acceptors (Lipinski definition) is 6. The molecule has 166 valence electrons. The zero-order valence-corrected chi connectivity index (χ0v) is 19.1. The molecule has 0 aliphatic rings. The van der Waals surface area contributed by atoms with Crippen molar-refractivity contribution < 1.29 is 22.6 Å². The molecule has 0 fully saturated rings. The fourth-order valence-electron chi connectivity index (χ4n) is 3.18. The van der Waals surface area contributed by atoms with E-state index in [0.717, 1.165) is 5.56 Å². The summed E-state index contributed by atoms with van der Waals surface area (Å²) in [5.74, 6) is 1.31. The number of rotatable bonds is 9. The highest BCUT2D eigenvalue weighted by molar-refractivity contribution is 7.89. The minimum Gasteiger partial charge on any atom is -0.497 e. The molecule has 0 radical (unpaired) electrons. The summed E-state index contributed by atoms with van der Waals surface area (Å²) in [6.45, 7) is 6.26. The molecule has 8 nitrogen and oxygen atoms in total. The van der Waals surface area contributed by atoms with Crippen LogP contribution in [0.15, 0.2) is 53.6 Å². The van der Waals surface area contributed by atoms with E-state index in [9.17, 15) is 8.42 Å². The molecule has 3 rings (SSSR count). The Kier molecular flexibility index (Phi) is 6.87. The summed E-state index contributed by atoms with van der Waals surface area (Å²) >= 11 is 0. The number of aryl methyl sites for hydroxylation is 1. The number of aromatic nitrogens is 2. The van der Waals surface area contributed by atoms with Gasteiger partial charge in [-0.05, 0) is 45.0 Å². The summed E-state index contributed by atoms with van der Waals surface area (Å²) in [6.07, 6.45) is 1.61. The number of benzene rings is 2. The van der Waals surface area contributed by atoms with Gasteiger partial charge < -0.3 is 14.2 Å². The lowest BCUT2D eigenvalue weighted by Gasteiger charge is -2.18. The van der Waals surface area contributed by atoms with Crippen LogP contribution in [-0.2, 0) is 16.6 Å². The molecule has 0 saturated carbocycles. The van der Waals surface area contributed by atoms with Gasteiger partial charge in [0.05, 0.1) is 32.2 Å². The van der Waals surface area contributed by atoms with E-state index >= 15 is 0 Å². The van der Waals surface area contributed by atoms with Crippen molar-refractivity contribution in [3.8, 4) is 23.3 Å². The average molecular weight is 446 g/mol. The quantitative estimate of drug-likeness (QED) is 0.534. The summed E-state index contributed by atoms with van der Waals surface area (Å²) in [7, 11) is -1.00. The van der Waals surface area contributed by atoms with E-state index in [1.165, 1.54) is 20.3 Å². The van der Waals surface area contributed by atoms with Gasteiger partial charge in [0.15, 0.2) is 0 Å². The Morgan fingerprint density at radius 3 is 2.35 bits per heavy atom. The van der Waals surface area contributed by atoms with Crippen LogP contribution in [0, 0.1) is 6.92 Å². The smallest absolute Gasteiger partial charge is 0.302 e. The Morgan fingerprint density at radius 1 is 1.06 bits per heavy atom. The second-order valence-electron chi connectivity index (χ2n) is 6.98. The molecular weight excluding hydrogens is 418 g/mol. The van der Waals surface area contributed by atoms with Crippen LogP contribution in [-0.4, -0.2) is 32.2 Å². The van der Waals surface area contributed by atoms with Gasteiger partial charge in [-0.2, -0.15) is 0 Å². The van der Waals surface area contributed by atoms with Crippen LogP contribution < -0.4 is 18.9 Å². The monoisotopic (exact) mass is 445 g/mol. The molecule has 1 unspecified atom stereocenters. The van der Waals surface area contributed by atoms with Gasteiger partial charge >= 0.3 is 6.01 Å². The maximum absolute atomic E-state index is 13.1. The van der Waals surface area contributed by atoms with E-state index in [0.29, 0.717) is 29.7 Å². The second kappa shape index (κ2) is 9.40. The van der Waals surface area contributed by atoms with Crippen molar-refractivity contribution in [2.45, 2.75) is 38.3 Å². The zero-order valence-electron chi connectivity index (χ0n) is 18.2. The minimum absolute atomic E-state index is 0.0000994. The maximum Gasteiger partial charge on any atom is 0.302 e. The van der Waals surface area contributed by atoms with Gasteiger partial charge in [0.2, 0.25) is 10.0 Å². The van der Waals surface area contributed by atoms with Crippen LogP contribution in [0.25, 0.3) is 0 Å². The highest BCUT2D eigenvalue weighted by Crippen LogP contribution is 2.30. The number of ether oxygens (including phenoxy) is 3. The lowest BCUT2D eigenvalue weighted by atomic mass is 10.2. The third kappa shape index (κ3) is 5.00. The van der Waals surface area contributed by atoms with Gasteiger partial charge in [0.25, 0.3) is 0 Å². The molecule has 0 spiro atoms. The molecule has 0 saturated heterocycles. The number of nitrogens with zero attached hydrogens (tertiary/aromatic N) is 2. The highest BCUT2D eigenvalue weighted by Gasteiger charge is 2.25. The fourth-order valence-corrected chi connectivity index (χ4v) is 4.58. The summed E-state index contributed by atoms with van der Waals surface area (Å²) in [5.41, 5.74) is 1.80. The minimum atomic E-state index is -3.90. The Bertz CT molecular complexity index is 1140. The Labute approximate surface area is 182 Å². The summed E-state index contributed by atoms with van der Waals surface area (Å²) in [4.78, 5) is 4.35. The van der Waals surface area contributed by atoms with Crippen LogP contribution in [0.1, 0.15) is 31.1 Å². The molecule has 0 aliphatic heterocycles. The van der Waals surface area contributed by atoms with Crippen molar-refractivity contribution in [1.29, 1.82) is 0 Å². The van der Waals surface area contributed by atoms with E-state index < -0.39 is 16.1 Å². The summed E-state index contributed by atoms with van der Waals surface area (Å²) in [6, 6.07) is 12.1. The molecule has 1 N–H and O–H groups in total. The second-order valence-corrected chi connectivity index (χ2v) is 8.67. The van der Waals surface area contributed by atoms with Crippen molar-refractivity contribution in [2.75, 3.05) is 14.2 Å². The Hall–Kier alpha value is -3.04. The number of sulfonamides is 1. The summed E-state index contributed by atoms with van der Waals surface area (Å²) < 4.78 is 47.0. The Balaban J connectivity index is 1.87. The van der Waals surface area contributed by atoms with Gasteiger partial charge in [0.1, 0.15) is 22.1 Å². The molecule has 1 aromatic heterocycles. The van der Waals surface area contributed by atoms with Crippen LogP contribution in [0.4, 0.5) is 0 Å². The predicted molar refractivity (Wildman–Crippen MR) is 117 cm³/mol. The average Bonchev–Trinajstić information content (AvgIpc) is 3.17. The van der Waals surface area contributed by atoms with E-state index in [-0.39, 0.29) is 10.6 Å². The molecule has 9 heteroatoms. The fraction of sp³-hybridized carbons (Fsp3) is 0.318. The number of hydrogen-bond donors (Lipinski definition) is 1. The molecule has 3 aromatic rings. The molecular formula is C22H27N3O5S. The van der Waals surface area contributed by atoms with Crippen molar-refractivity contribution >= 4 is 10.0 Å². The standard InChI is InChI=1S/C22H27N3O5S/c1-6-25-19(14-23-22(25)30-17-9-7-15(2)8-10-17)16(3)24-31(26,27)21-13-18(28-4)11-12-20(21)29-5/h7-14,16,24H,6H2,1-5H3. The van der Waals surface area contributed by atoms with Gasteiger partial charge in [0, 0.05) is 12.6 Å². The lowest BCUT2D eigenvalue weighted by molar-refractivity contribution is 0.391. The van der Waals surface area contributed by atoms with Gasteiger partial charge in [-0.25, -0.2) is 18.1 Å². The van der Waals surface area contributed by atoms with Crippen molar-refractivity contribution in [2.24, 2.45) is 0 Å². The van der Waals surface area contributed by atoms with E-state index in [1.807, 2.05) is 42.7 Å². The molecule has 1 atom stereocenters. The van der Waals surface area contributed by atoms with Crippen molar-refractivity contribution in [3.63, 3.8) is 0 Å². The van der Waals surface area contributed by atoms with Crippen molar-refractivity contribution in [3.05, 3.63) is 59.9 Å². The molecule has 1 heterocycles. The molecule has 0 amide bonds. The van der Waals surface area contributed by atoms with E-state index in [4.69, 9.17) is 14.2 Å². The SMILES string of the molecule is CCn1c(C(C)NS(=O)(=O)c2cc(OC)ccc2OC)cnc1Oc1ccc(C)cc1. The molecule has 0 aliphatic carbocycles. The first-order valence-corrected chi connectivity index (χ1v) is 11.3. The van der Waals surface area contributed by atoms with Crippen molar-refractivity contribution in [1.82, 2.24) is 14.3 Å². The predicted octanol–water partition coefficient (Wildman–Crippen LogP) is 4.06.